The molecule has 21 heavy (non-hydrogen) atoms. The van der Waals surface area contributed by atoms with Crippen molar-refractivity contribution in [3.05, 3.63) is 12.2 Å². The minimum atomic E-state index is 0.0171. The van der Waals surface area contributed by atoms with Gasteiger partial charge in [0.1, 0.15) is 0 Å². The normalized spacial score (nSPS) is 28.6. The SMILES string of the molecule is COCC[C@H]1CCOC12CCN(C(=O)C1CC=CC1)CC2. The van der Waals surface area contributed by atoms with Crippen LogP contribution in [0, 0.1) is 11.8 Å². The van der Waals surface area contributed by atoms with Gasteiger partial charge in [-0.15, -0.1) is 0 Å². The van der Waals surface area contributed by atoms with Crippen LogP contribution >= 0.6 is 0 Å². The molecule has 0 saturated carbocycles. The van der Waals surface area contributed by atoms with Crippen LogP contribution in [0.15, 0.2) is 12.2 Å². The highest BCUT2D eigenvalue weighted by molar-refractivity contribution is 5.79. The van der Waals surface area contributed by atoms with Crippen LogP contribution in [0.5, 0.6) is 0 Å². The van der Waals surface area contributed by atoms with E-state index in [0.29, 0.717) is 11.8 Å². The monoisotopic (exact) mass is 293 g/mol. The quantitative estimate of drug-likeness (QED) is 0.747. The number of rotatable bonds is 4. The summed E-state index contributed by atoms with van der Waals surface area (Å²) in [5.41, 5.74) is 0.0171. The smallest absolute Gasteiger partial charge is 0.226 e. The molecule has 0 bridgehead atoms. The molecular weight excluding hydrogens is 266 g/mol. The topological polar surface area (TPSA) is 38.8 Å². The molecule has 0 radical (unpaired) electrons. The van der Waals surface area contributed by atoms with Crippen molar-refractivity contribution < 1.29 is 14.3 Å². The van der Waals surface area contributed by atoms with Crippen molar-refractivity contribution in [3.8, 4) is 0 Å². The summed E-state index contributed by atoms with van der Waals surface area (Å²) < 4.78 is 11.4. The highest BCUT2D eigenvalue weighted by Crippen LogP contribution is 2.42. The molecule has 2 heterocycles. The average Bonchev–Trinajstić information content (AvgIpc) is 3.16. The molecule has 0 aromatic heterocycles. The number of carbonyl (C=O) groups excluding carboxylic acids is 1. The van der Waals surface area contributed by atoms with Crippen LogP contribution in [-0.4, -0.2) is 49.8 Å². The molecule has 1 amide bonds. The largest absolute Gasteiger partial charge is 0.385 e. The molecule has 0 aromatic rings. The third-order valence-electron chi connectivity index (χ3n) is 5.55. The first-order valence-electron chi connectivity index (χ1n) is 8.32. The van der Waals surface area contributed by atoms with E-state index < -0.39 is 0 Å². The van der Waals surface area contributed by atoms with Crippen LogP contribution in [0.4, 0.5) is 0 Å². The van der Waals surface area contributed by atoms with Gasteiger partial charge in [0.2, 0.25) is 5.91 Å². The second-order valence-corrected chi connectivity index (χ2v) is 6.65. The van der Waals surface area contributed by atoms with Crippen molar-refractivity contribution in [1.29, 1.82) is 0 Å². The van der Waals surface area contributed by atoms with Crippen LogP contribution in [0.25, 0.3) is 0 Å². The minimum Gasteiger partial charge on any atom is -0.385 e. The maximum Gasteiger partial charge on any atom is 0.226 e. The number of allylic oxidation sites excluding steroid dienone is 2. The Morgan fingerprint density at radius 3 is 2.71 bits per heavy atom. The highest BCUT2D eigenvalue weighted by atomic mass is 16.5. The summed E-state index contributed by atoms with van der Waals surface area (Å²) in [6.45, 7) is 3.40. The first-order chi connectivity index (χ1) is 10.2. The Morgan fingerprint density at radius 1 is 1.33 bits per heavy atom. The Bertz CT molecular complexity index is 391. The number of piperidine rings is 1. The summed E-state index contributed by atoms with van der Waals surface area (Å²) >= 11 is 0. The van der Waals surface area contributed by atoms with E-state index in [0.717, 1.165) is 64.8 Å². The van der Waals surface area contributed by atoms with E-state index in [4.69, 9.17) is 9.47 Å². The van der Waals surface area contributed by atoms with Crippen LogP contribution in [0.3, 0.4) is 0 Å². The fourth-order valence-corrected chi connectivity index (χ4v) is 4.19. The van der Waals surface area contributed by atoms with Gasteiger partial charge in [-0.3, -0.25) is 4.79 Å². The lowest BCUT2D eigenvalue weighted by atomic mass is 9.78. The van der Waals surface area contributed by atoms with Crippen molar-refractivity contribution in [2.75, 3.05) is 33.4 Å². The predicted molar refractivity (Wildman–Crippen MR) is 81.0 cm³/mol. The van der Waals surface area contributed by atoms with Crippen LogP contribution in [0.1, 0.15) is 38.5 Å². The number of carbonyl (C=O) groups is 1. The van der Waals surface area contributed by atoms with Gasteiger partial charge in [-0.25, -0.2) is 0 Å². The third-order valence-corrected chi connectivity index (χ3v) is 5.55. The summed E-state index contributed by atoms with van der Waals surface area (Å²) in [4.78, 5) is 14.5. The van der Waals surface area contributed by atoms with E-state index in [1.807, 2.05) is 0 Å². The molecule has 0 aromatic carbocycles. The fourth-order valence-electron chi connectivity index (χ4n) is 4.19. The Balaban J connectivity index is 1.55. The van der Waals surface area contributed by atoms with E-state index in [9.17, 15) is 4.79 Å². The van der Waals surface area contributed by atoms with E-state index in [2.05, 4.69) is 17.1 Å². The predicted octanol–water partition coefficient (Wildman–Crippen LogP) is 2.39. The van der Waals surface area contributed by atoms with Gasteiger partial charge in [-0.2, -0.15) is 0 Å². The van der Waals surface area contributed by atoms with Crippen molar-refractivity contribution in [3.63, 3.8) is 0 Å². The van der Waals surface area contributed by atoms with Gasteiger partial charge in [-0.05, 0) is 44.4 Å². The Morgan fingerprint density at radius 2 is 2.05 bits per heavy atom. The second-order valence-electron chi connectivity index (χ2n) is 6.65. The molecule has 3 aliphatic rings. The first-order valence-corrected chi connectivity index (χ1v) is 8.32. The fraction of sp³-hybridized carbons (Fsp3) is 0.824. The Kier molecular flexibility index (Phi) is 4.65. The Labute approximate surface area is 127 Å². The standard InChI is InChI=1S/C17H27NO3/c1-20-12-6-15-7-13-21-17(15)8-10-18(11-9-17)16(19)14-4-2-3-5-14/h2-3,14-15H,4-13H2,1H3/t15-/m0/s1. The van der Waals surface area contributed by atoms with Gasteiger partial charge >= 0.3 is 0 Å². The van der Waals surface area contributed by atoms with E-state index in [1.54, 1.807) is 7.11 Å². The van der Waals surface area contributed by atoms with E-state index in [-0.39, 0.29) is 11.5 Å². The number of nitrogens with zero attached hydrogens (tertiary/aromatic N) is 1. The lowest BCUT2D eigenvalue weighted by Crippen LogP contribution is -2.50. The van der Waals surface area contributed by atoms with Gasteiger partial charge in [0.05, 0.1) is 5.60 Å². The molecule has 118 valence electrons. The average molecular weight is 293 g/mol. The zero-order valence-corrected chi connectivity index (χ0v) is 13.1. The number of methoxy groups -OCH3 is 1. The summed E-state index contributed by atoms with van der Waals surface area (Å²) in [6.07, 6.45) is 10.3. The van der Waals surface area contributed by atoms with Gasteiger partial charge in [0.25, 0.3) is 0 Å². The molecule has 2 saturated heterocycles. The third kappa shape index (κ3) is 3.02. The zero-order valence-electron chi connectivity index (χ0n) is 13.1. The molecule has 1 spiro atoms. The summed E-state index contributed by atoms with van der Waals surface area (Å²) in [5.74, 6) is 1.15. The van der Waals surface area contributed by atoms with Gasteiger partial charge in [0.15, 0.2) is 0 Å². The molecule has 3 rings (SSSR count). The highest BCUT2D eigenvalue weighted by Gasteiger charge is 2.46. The number of ether oxygens (including phenoxy) is 2. The number of likely N-dealkylation sites (tertiary alicyclic amines) is 1. The molecule has 1 atom stereocenters. The lowest BCUT2D eigenvalue weighted by Gasteiger charge is -2.42. The lowest BCUT2D eigenvalue weighted by molar-refractivity contribution is -0.141. The van der Waals surface area contributed by atoms with Gasteiger partial charge < -0.3 is 14.4 Å². The number of amides is 1. The number of hydrogen-bond acceptors (Lipinski definition) is 3. The van der Waals surface area contributed by atoms with E-state index >= 15 is 0 Å². The van der Waals surface area contributed by atoms with E-state index in [1.165, 1.54) is 0 Å². The van der Waals surface area contributed by atoms with Crippen molar-refractivity contribution in [1.82, 2.24) is 4.90 Å². The summed E-state index contributed by atoms with van der Waals surface area (Å²) in [7, 11) is 1.76. The van der Waals surface area contributed by atoms with Crippen molar-refractivity contribution in [2.24, 2.45) is 11.8 Å². The van der Waals surface area contributed by atoms with Crippen molar-refractivity contribution in [2.45, 2.75) is 44.1 Å². The molecule has 2 fully saturated rings. The molecule has 1 aliphatic carbocycles. The van der Waals surface area contributed by atoms with Crippen LogP contribution in [0.2, 0.25) is 0 Å². The maximum atomic E-state index is 12.5. The molecule has 0 N–H and O–H groups in total. The van der Waals surface area contributed by atoms with Crippen molar-refractivity contribution >= 4 is 5.91 Å². The zero-order chi connectivity index (χ0) is 14.7. The van der Waals surface area contributed by atoms with Crippen LogP contribution in [-0.2, 0) is 14.3 Å². The van der Waals surface area contributed by atoms with Gasteiger partial charge in [0, 0.05) is 39.3 Å². The second kappa shape index (κ2) is 6.49. The molecule has 4 heteroatoms. The summed E-state index contributed by atoms with van der Waals surface area (Å²) in [5, 5.41) is 0. The number of hydrogen-bond donors (Lipinski definition) is 0. The minimum absolute atomic E-state index is 0.0171. The van der Waals surface area contributed by atoms with Crippen LogP contribution < -0.4 is 0 Å². The summed E-state index contributed by atoms with van der Waals surface area (Å²) in [6, 6.07) is 0. The Hall–Kier alpha value is -0.870. The van der Waals surface area contributed by atoms with Gasteiger partial charge in [-0.1, -0.05) is 12.2 Å². The molecule has 4 nitrogen and oxygen atoms in total. The maximum absolute atomic E-state index is 12.5. The molecular formula is C17H27NO3. The first kappa shape index (κ1) is 15.0. The molecule has 0 unspecified atom stereocenters. The molecule has 2 aliphatic heterocycles.